The van der Waals surface area contributed by atoms with Gasteiger partial charge in [-0.05, 0) is 53.8 Å². The van der Waals surface area contributed by atoms with Gasteiger partial charge >= 0.3 is 0 Å². The third-order valence-electron chi connectivity index (χ3n) is 5.35. The van der Waals surface area contributed by atoms with Gasteiger partial charge in [0.15, 0.2) is 0 Å². The summed E-state index contributed by atoms with van der Waals surface area (Å²) in [4.78, 5) is 6.89. The number of benzene rings is 1. The minimum atomic E-state index is 0.596. The first-order valence-electron chi connectivity index (χ1n) is 10.3. The van der Waals surface area contributed by atoms with Crippen LogP contribution in [-0.4, -0.2) is 42.4 Å². The molecule has 0 saturated carbocycles. The molecule has 3 heterocycles. The fourth-order valence-electron chi connectivity index (χ4n) is 4.01. The molecule has 1 aliphatic heterocycles. The number of pyridine rings is 1. The van der Waals surface area contributed by atoms with E-state index < -0.39 is 0 Å². The summed E-state index contributed by atoms with van der Waals surface area (Å²) >= 11 is 0. The highest BCUT2D eigenvalue weighted by Gasteiger charge is 2.14. The molecular formula is C23H30N4O. The van der Waals surface area contributed by atoms with Crippen molar-refractivity contribution < 1.29 is 4.74 Å². The summed E-state index contributed by atoms with van der Waals surface area (Å²) in [5, 5.41) is 1.32. The van der Waals surface area contributed by atoms with Crippen LogP contribution in [0, 0.1) is 5.92 Å². The lowest BCUT2D eigenvalue weighted by Crippen LogP contribution is -2.36. The zero-order valence-corrected chi connectivity index (χ0v) is 16.9. The van der Waals surface area contributed by atoms with Crippen molar-refractivity contribution in [3.63, 3.8) is 0 Å². The molecule has 2 N–H and O–H groups in total. The maximum Gasteiger partial charge on any atom is 0.129 e. The third kappa shape index (κ3) is 3.91. The number of aromatic nitrogens is 2. The quantitative estimate of drug-likeness (QED) is 0.711. The van der Waals surface area contributed by atoms with Gasteiger partial charge in [-0.25, -0.2) is 4.98 Å². The van der Waals surface area contributed by atoms with E-state index in [4.69, 9.17) is 10.5 Å². The number of ether oxygens (including phenoxy) is 1. The van der Waals surface area contributed by atoms with E-state index in [-0.39, 0.29) is 0 Å². The molecule has 1 aliphatic rings. The number of nitrogens with two attached hydrogens (primary N) is 1. The Morgan fingerprint density at radius 1 is 1.11 bits per heavy atom. The van der Waals surface area contributed by atoms with Crippen molar-refractivity contribution >= 4 is 16.7 Å². The SMILES string of the molecule is CC(C)Cn1cc(CCN)c2ccc(-c3ccnc(N4CCOCC4)c3)cc21. The number of hydrogen-bond acceptors (Lipinski definition) is 4. The highest BCUT2D eigenvalue weighted by atomic mass is 16.5. The van der Waals surface area contributed by atoms with Gasteiger partial charge < -0.3 is 19.9 Å². The highest BCUT2D eigenvalue weighted by Crippen LogP contribution is 2.30. The maximum atomic E-state index is 5.84. The van der Waals surface area contributed by atoms with Gasteiger partial charge in [0.1, 0.15) is 5.82 Å². The first-order chi connectivity index (χ1) is 13.7. The van der Waals surface area contributed by atoms with Gasteiger partial charge in [0.25, 0.3) is 0 Å². The Morgan fingerprint density at radius 2 is 1.89 bits per heavy atom. The third-order valence-corrected chi connectivity index (χ3v) is 5.35. The van der Waals surface area contributed by atoms with Crippen LogP contribution in [0.5, 0.6) is 0 Å². The Bertz CT molecular complexity index is 941. The molecule has 0 spiro atoms. The zero-order valence-electron chi connectivity index (χ0n) is 16.9. The first kappa shape index (κ1) is 19.0. The molecule has 148 valence electrons. The van der Waals surface area contributed by atoms with E-state index in [1.165, 1.54) is 27.6 Å². The predicted octanol–water partition coefficient (Wildman–Crippen LogP) is 3.70. The molecule has 28 heavy (non-hydrogen) atoms. The summed E-state index contributed by atoms with van der Waals surface area (Å²) in [7, 11) is 0. The molecule has 1 aromatic carbocycles. The van der Waals surface area contributed by atoms with Crippen LogP contribution in [0.25, 0.3) is 22.0 Å². The number of hydrogen-bond donors (Lipinski definition) is 1. The molecule has 0 bridgehead atoms. The molecule has 0 unspecified atom stereocenters. The summed E-state index contributed by atoms with van der Waals surface area (Å²) in [6, 6.07) is 11.1. The Labute approximate surface area is 167 Å². The van der Waals surface area contributed by atoms with Gasteiger partial charge in [0.2, 0.25) is 0 Å². The Kier molecular flexibility index (Phi) is 5.64. The van der Waals surface area contributed by atoms with Crippen molar-refractivity contribution in [3.8, 4) is 11.1 Å². The Hall–Kier alpha value is -2.37. The minimum absolute atomic E-state index is 0.596. The second-order valence-electron chi connectivity index (χ2n) is 7.97. The lowest BCUT2D eigenvalue weighted by atomic mass is 10.0. The van der Waals surface area contributed by atoms with Crippen molar-refractivity contribution in [1.29, 1.82) is 0 Å². The van der Waals surface area contributed by atoms with Crippen molar-refractivity contribution in [2.45, 2.75) is 26.8 Å². The predicted molar refractivity (Wildman–Crippen MR) is 116 cm³/mol. The lowest BCUT2D eigenvalue weighted by molar-refractivity contribution is 0.122. The fourth-order valence-corrected chi connectivity index (χ4v) is 4.01. The molecule has 0 amide bonds. The zero-order chi connectivity index (χ0) is 19.5. The monoisotopic (exact) mass is 378 g/mol. The molecule has 1 saturated heterocycles. The summed E-state index contributed by atoms with van der Waals surface area (Å²) in [6.07, 6.45) is 5.11. The summed E-state index contributed by atoms with van der Waals surface area (Å²) in [5.41, 5.74) is 10.9. The summed E-state index contributed by atoms with van der Waals surface area (Å²) < 4.78 is 7.86. The van der Waals surface area contributed by atoms with Crippen molar-refractivity contribution in [2.75, 3.05) is 37.7 Å². The van der Waals surface area contributed by atoms with Gasteiger partial charge in [-0.3, -0.25) is 0 Å². The number of morpholine rings is 1. The Morgan fingerprint density at radius 3 is 2.64 bits per heavy atom. The molecule has 0 radical (unpaired) electrons. The molecule has 0 atom stereocenters. The van der Waals surface area contributed by atoms with Crippen molar-refractivity contribution in [3.05, 3.63) is 48.3 Å². The standard InChI is InChI=1S/C23H30N4O/c1-17(2)15-27-16-20(5-7-24)21-4-3-18(13-22(21)27)19-6-8-25-23(14-19)26-9-11-28-12-10-26/h3-4,6,8,13-14,16-17H,5,7,9-12,15,24H2,1-2H3. The molecule has 4 rings (SSSR count). The van der Waals surface area contributed by atoms with Crippen LogP contribution >= 0.6 is 0 Å². The van der Waals surface area contributed by atoms with Crippen LogP contribution in [0.1, 0.15) is 19.4 Å². The lowest BCUT2D eigenvalue weighted by Gasteiger charge is -2.28. The molecule has 0 aliphatic carbocycles. The molecule has 5 nitrogen and oxygen atoms in total. The maximum absolute atomic E-state index is 5.84. The van der Waals surface area contributed by atoms with Gasteiger partial charge in [-0.1, -0.05) is 26.0 Å². The fraction of sp³-hybridized carbons (Fsp3) is 0.435. The van der Waals surface area contributed by atoms with E-state index in [9.17, 15) is 0 Å². The largest absolute Gasteiger partial charge is 0.378 e. The number of rotatable bonds is 6. The number of fused-ring (bicyclic) bond motifs is 1. The average molecular weight is 379 g/mol. The van der Waals surface area contributed by atoms with E-state index in [2.05, 4.69) is 64.8 Å². The van der Waals surface area contributed by atoms with Gasteiger partial charge in [0, 0.05) is 42.9 Å². The Balaban J connectivity index is 1.72. The van der Waals surface area contributed by atoms with Crippen LogP contribution in [0.15, 0.2) is 42.7 Å². The second-order valence-corrected chi connectivity index (χ2v) is 7.97. The van der Waals surface area contributed by atoms with Crippen LogP contribution in [0.4, 0.5) is 5.82 Å². The molecule has 3 aromatic rings. The summed E-state index contributed by atoms with van der Waals surface area (Å²) in [5.74, 6) is 1.63. The van der Waals surface area contributed by atoms with E-state index in [0.717, 1.165) is 45.1 Å². The van der Waals surface area contributed by atoms with E-state index >= 15 is 0 Å². The van der Waals surface area contributed by atoms with Crippen LogP contribution in [0.3, 0.4) is 0 Å². The molecule has 5 heteroatoms. The van der Waals surface area contributed by atoms with Crippen LogP contribution < -0.4 is 10.6 Å². The molecule has 2 aromatic heterocycles. The van der Waals surface area contributed by atoms with Crippen molar-refractivity contribution in [1.82, 2.24) is 9.55 Å². The minimum Gasteiger partial charge on any atom is -0.378 e. The first-order valence-corrected chi connectivity index (χ1v) is 10.3. The van der Waals surface area contributed by atoms with Crippen LogP contribution in [-0.2, 0) is 17.7 Å². The molecular weight excluding hydrogens is 348 g/mol. The molecule has 1 fully saturated rings. The van der Waals surface area contributed by atoms with E-state index in [0.29, 0.717) is 12.5 Å². The number of anilines is 1. The topological polar surface area (TPSA) is 56.3 Å². The highest BCUT2D eigenvalue weighted by molar-refractivity contribution is 5.88. The van der Waals surface area contributed by atoms with E-state index in [1.54, 1.807) is 0 Å². The smallest absolute Gasteiger partial charge is 0.129 e. The van der Waals surface area contributed by atoms with Gasteiger partial charge in [-0.15, -0.1) is 0 Å². The normalized spacial score (nSPS) is 14.9. The summed E-state index contributed by atoms with van der Waals surface area (Å²) in [6.45, 7) is 9.54. The van der Waals surface area contributed by atoms with Gasteiger partial charge in [-0.2, -0.15) is 0 Å². The second kappa shape index (κ2) is 8.33. The van der Waals surface area contributed by atoms with Crippen LogP contribution in [0.2, 0.25) is 0 Å². The van der Waals surface area contributed by atoms with Gasteiger partial charge in [0.05, 0.1) is 13.2 Å². The average Bonchev–Trinajstić information content (AvgIpc) is 3.05. The van der Waals surface area contributed by atoms with E-state index in [1.807, 2.05) is 6.20 Å². The number of nitrogens with zero attached hydrogens (tertiary/aromatic N) is 3. The van der Waals surface area contributed by atoms with Crippen molar-refractivity contribution in [2.24, 2.45) is 11.7 Å².